The number of nitrogens with one attached hydrogen (secondary N) is 1. The molecule has 230 valence electrons. The number of rotatable bonds is 7. The number of hydrogen-bond acceptors (Lipinski definition) is 4. The average Bonchev–Trinajstić information content (AvgIpc) is 3.71. The largest absolute Gasteiger partial charge is 0.478 e. The van der Waals surface area contributed by atoms with E-state index in [2.05, 4.69) is 10.4 Å². The van der Waals surface area contributed by atoms with Crippen LogP contribution in [0.4, 0.5) is 17.6 Å². The minimum absolute atomic E-state index is 0.0439. The molecule has 46 heavy (non-hydrogen) atoms. The molecule has 2 aromatic heterocycles. The quantitative estimate of drug-likeness (QED) is 0.179. The van der Waals surface area contributed by atoms with Crippen LogP contribution in [0, 0.1) is 5.82 Å². The number of aromatic nitrogens is 3. The van der Waals surface area contributed by atoms with E-state index >= 15 is 0 Å². The number of carboxylic acids is 1. The first-order valence-electron chi connectivity index (χ1n) is 14.4. The Kier molecular flexibility index (Phi) is 6.84. The Hall–Kier alpha value is -5.58. The van der Waals surface area contributed by atoms with Crippen molar-refractivity contribution in [1.29, 1.82) is 0 Å². The van der Waals surface area contributed by atoms with Crippen LogP contribution >= 0.6 is 0 Å². The molecule has 7 rings (SSSR count). The molecular formula is C35H24F4N4O3. The van der Waals surface area contributed by atoms with Gasteiger partial charge in [-0.25, -0.2) is 9.18 Å². The third-order valence-electron chi connectivity index (χ3n) is 8.29. The highest BCUT2D eigenvalue weighted by atomic mass is 19.4. The lowest BCUT2D eigenvalue weighted by Gasteiger charge is -2.20. The molecule has 6 aromatic rings. The summed E-state index contributed by atoms with van der Waals surface area (Å²) >= 11 is 0. The number of amides is 1. The summed E-state index contributed by atoms with van der Waals surface area (Å²) < 4.78 is 56.8. The highest BCUT2D eigenvalue weighted by Gasteiger charge is 2.46. The molecule has 4 aromatic carbocycles. The summed E-state index contributed by atoms with van der Waals surface area (Å²) in [6.07, 6.45) is -2.05. The van der Waals surface area contributed by atoms with Crippen LogP contribution in [0.25, 0.3) is 32.9 Å². The first-order chi connectivity index (χ1) is 22.0. The Morgan fingerprint density at radius 3 is 2.35 bits per heavy atom. The number of carbonyl (C=O) groups is 2. The Morgan fingerprint density at radius 1 is 0.891 bits per heavy atom. The van der Waals surface area contributed by atoms with Crippen LogP contribution in [0.5, 0.6) is 0 Å². The maximum atomic E-state index is 14.4. The predicted octanol–water partition coefficient (Wildman–Crippen LogP) is 7.58. The van der Waals surface area contributed by atoms with E-state index in [0.717, 1.165) is 28.6 Å². The van der Waals surface area contributed by atoms with Gasteiger partial charge in [0.15, 0.2) is 0 Å². The number of halogens is 4. The molecule has 0 bridgehead atoms. The minimum atomic E-state index is -4.77. The van der Waals surface area contributed by atoms with Crippen molar-refractivity contribution >= 4 is 33.7 Å². The first-order valence-corrected chi connectivity index (χ1v) is 14.4. The van der Waals surface area contributed by atoms with Gasteiger partial charge in [0.05, 0.1) is 51.7 Å². The number of nitrogens with zero attached hydrogens (tertiary/aromatic N) is 3. The lowest BCUT2D eigenvalue weighted by atomic mass is 9.97. The lowest BCUT2D eigenvalue weighted by Crippen LogP contribution is -2.35. The number of para-hydroxylation sites is 1. The zero-order valence-electron chi connectivity index (χ0n) is 24.0. The highest BCUT2D eigenvalue weighted by Crippen LogP contribution is 2.46. The molecule has 11 heteroatoms. The average molecular weight is 625 g/mol. The number of pyridine rings is 1. The number of carboxylic acid groups (broad SMARTS) is 1. The Bertz CT molecular complexity index is 2170. The van der Waals surface area contributed by atoms with Crippen LogP contribution in [0.15, 0.2) is 97.2 Å². The maximum Gasteiger partial charge on any atom is 0.416 e. The van der Waals surface area contributed by atoms with Crippen molar-refractivity contribution in [3.63, 3.8) is 0 Å². The molecule has 0 radical (unpaired) electrons. The number of benzene rings is 4. The van der Waals surface area contributed by atoms with Crippen LogP contribution < -0.4 is 5.32 Å². The smallest absolute Gasteiger partial charge is 0.416 e. The molecule has 0 saturated heterocycles. The zero-order chi connectivity index (χ0) is 32.2. The number of fused-ring (bicyclic) bond motifs is 2. The number of aromatic carboxylic acids is 1. The summed E-state index contributed by atoms with van der Waals surface area (Å²) in [5.74, 6) is -2.64. The van der Waals surface area contributed by atoms with E-state index in [1.54, 1.807) is 22.9 Å². The summed E-state index contributed by atoms with van der Waals surface area (Å²) in [4.78, 5) is 30.2. The molecule has 2 heterocycles. The lowest BCUT2D eigenvalue weighted by molar-refractivity contribution is -0.137. The topological polar surface area (TPSA) is 97.1 Å². The number of carbonyl (C=O) groups excluding carboxylic acids is 1. The van der Waals surface area contributed by atoms with Crippen LogP contribution in [-0.2, 0) is 18.3 Å². The van der Waals surface area contributed by atoms with Gasteiger partial charge in [0, 0.05) is 10.8 Å². The van der Waals surface area contributed by atoms with Gasteiger partial charge in [0.25, 0.3) is 5.91 Å². The molecular weight excluding hydrogens is 600 g/mol. The standard InChI is InChI=1S/C35H24F4N4O3/c36-27-15-23(14-26(17-27)35(37,38)39)22-13-24-18-40-43(19-28-10-7-20-3-1-2-4-30(20)41-28)31(24)29(16-22)32(44)42-34(11-12-34)25-8-5-21(6-9-25)33(45)46/h1-10,13-18H,11-12,19H2,(H,42,44)(H,45,46). The van der Waals surface area contributed by atoms with E-state index in [0.29, 0.717) is 35.5 Å². The first kappa shape index (κ1) is 29.1. The zero-order valence-corrected chi connectivity index (χ0v) is 24.0. The molecule has 1 saturated carbocycles. The number of hydrogen-bond donors (Lipinski definition) is 2. The Labute approximate surface area is 259 Å². The van der Waals surface area contributed by atoms with E-state index < -0.39 is 35.0 Å². The molecule has 7 nitrogen and oxygen atoms in total. The normalized spacial score (nSPS) is 14.0. The summed E-state index contributed by atoms with van der Waals surface area (Å²) in [7, 11) is 0. The fourth-order valence-electron chi connectivity index (χ4n) is 5.79. The molecule has 1 aliphatic rings. The summed E-state index contributed by atoms with van der Waals surface area (Å²) in [6, 6.07) is 23.0. The van der Waals surface area contributed by atoms with Gasteiger partial charge in [0.2, 0.25) is 0 Å². The van der Waals surface area contributed by atoms with E-state index in [9.17, 15) is 32.3 Å². The second-order valence-corrected chi connectivity index (χ2v) is 11.4. The van der Waals surface area contributed by atoms with Crippen LogP contribution in [0.2, 0.25) is 0 Å². The van der Waals surface area contributed by atoms with Gasteiger partial charge in [-0.1, -0.05) is 36.4 Å². The van der Waals surface area contributed by atoms with Crippen molar-refractivity contribution in [3.05, 3.63) is 131 Å². The van der Waals surface area contributed by atoms with Gasteiger partial charge in [-0.2, -0.15) is 18.3 Å². The Morgan fingerprint density at radius 2 is 1.63 bits per heavy atom. The number of alkyl halides is 3. The van der Waals surface area contributed by atoms with Crippen LogP contribution in [0.3, 0.4) is 0 Å². The van der Waals surface area contributed by atoms with E-state index in [1.165, 1.54) is 24.4 Å². The molecule has 0 atom stereocenters. The SMILES string of the molecule is O=C(O)c1ccc(C2(NC(=O)c3cc(-c4cc(F)cc(C(F)(F)F)c4)cc4cnn(Cc5ccc6ccccc6n5)c34)CC2)cc1. The van der Waals surface area contributed by atoms with E-state index in [-0.39, 0.29) is 28.8 Å². The van der Waals surface area contributed by atoms with Gasteiger partial charge in [-0.15, -0.1) is 0 Å². The third-order valence-corrected chi connectivity index (χ3v) is 8.29. The molecule has 0 unspecified atom stereocenters. The van der Waals surface area contributed by atoms with Crippen molar-refractivity contribution < 1.29 is 32.3 Å². The molecule has 2 N–H and O–H groups in total. The molecule has 1 aliphatic carbocycles. The molecule has 1 amide bonds. The van der Waals surface area contributed by atoms with Crippen molar-refractivity contribution in [1.82, 2.24) is 20.1 Å². The summed E-state index contributed by atoms with van der Waals surface area (Å²) in [5.41, 5.74) is 1.14. The van der Waals surface area contributed by atoms with Gasteiger partial charge >= 0.3 is 12.1 Å². The molecule has 1 fully saturated rings. The highest BCUT2D eigenvalue weighted by molar-refractivity contribution is 6.08. The fourth-order valence-corrected chi connectivity index (χ4v) is 5.79. The van der Waals surface area contributed by atoms with Gasteiger partial charge in [-0.3, -0.25) is 14.5 Å². The van der Waals surface area contributed by atoms with Crippen LogP contribution in [0.1, 0.15) is 50.4 Å². The third kappa shape index (κ3) is 5.44. The summed E-state index contributed by atoms with van der Waals surface area (Å²) in [6.45, 7) is 0.202. The van der Waals surface area contributed by atoms with Gasteiger partial charge in [-0.05, 0) is 84.1 Å². The second kappa shape index (κ2) is 10.8. The van der Waals surface area contributed by atoms with Gasteiger partial charge in [0.1, 0.15) is 5.82 Å². The van der Waals surface area contributed by atoms with Gasteiger partial charge < -0.3 is 10.4 Å². The van der Waals surface area contributed by atoms with E-state index in [4.69, 9.17) is 4.98 Å². The maximum absolute atomic E-state index is 14.4. The van der Waals surface area contributed by atoms with Crippen molar-refractivity contribution in [2.75, 3.05) is 0 Å². The van der Waals surface area contributed by atoms with Crippen molar-refractivity contribution in [2.24, 2.45) is 0 Å². The second-order valence-electron chi connectivity index (χ2n) is 11.4. The predicted molar refractivity (Wildman–Crippen MR) is 163 cm³/mol. The summed E-state index contributed by atoms with van der Waals surface area (Å²) in [5, 5.41) is 18.3. The molecule has 0 spiro atoms. The van der Waals surface area contributed by atoms with Crippen molar-refractivity contribution in [2.45, 2.75) is 31.1 Å². The molecule has 0 aliphatic heterocycles. The minimum Gasteiger partial charge on any atom is -0.478 e. The fraction of sp³-hybridized carbons (Fsp3) is 0.143. The van der Waals surface area contributed by atoms with Crippen molar-refractivity contribution in [3.8, 4) is 11.1 Å². The van der Waals surface area contributed by atoms with E-state index in [1.807, 2.05) is 36.4 Å². The Balaban J connectivity index is 1.32. The monoisotopic (exact) mass is 624 g/mol. The van der Waals surface area contributed by atoms with Crippen LogP contribution in [-0.4, -0.2) is 31.7 Å².